The van der Waals surface area contributed by atoms with Crippen LogP contribution >= 0.6 is 0 Å². The van der Waals surface area contributed by atoms with E-state index in [1.807, 2.05) is 42.5 Å². The Hall–Kier alpha value is -2.30. The maximum absolute atomic E-state index is 6.09. The average molecular weight is 346 g/mol. The lowest BCUT2D eigenvalue weighted by Crippen LogP contribution is -2.41. The first-order valence-corrected chi connectivity index (χ1v) is 8.96. The van der Waals surface area contributed by atoms with Crippen molar-refractivity contribution < 1.29 is 14.0 Å². The Morgan fingerprint density at radius 2 is 1.27 bits per heavy atom. The Morgan fingerprint density at radius 1 is 0.692 bits per heavy atom. The van der Waals surface area contributed by atoms with Gasteiger partial charge in [-0.1, -0.05) is 42.5 Å². The molecule has 0 N–H and O–H groups in total. The first-order valence-electron chi connectivity index (χ1n) is 8.96. The van der Waals surface area contributed by atoms with Crippen LogP contribution in [0, 0.1) is 0 Å². The van der Waals surface area contributed by atoms with Gasteiger partial charge >= 0.3 is 7.12 Å². The van der Waals surface area contributed by atoms with Gasteiger partial charge in [-0.25, -0.2) is 0 Å². The molecule has 0 aliphatic carbocycles. The lowest BCUT2D eigenvalue weighted by atomic mass is 9.79. The molecule has 1 aliphatic rings. The van der Waals surface area contributed by atoms with Crippen LogP contribution in [0.25, 0.3) is 10.8 Å². The maximum Gasteiger partial charge on any atom is 0.494 e. The summed E-state index contributed by atoms with van der Waals surface area (Å²) in [5.74, 6) is 1.62. The van der Waals surface area contributed by atoms with E-state index in [0.29, 0.717) is 0 Å². The minimum atomic E-state index is -0.352. The van der Waals surface area contributed by atoms with Crippen LogP contribution < -0.4 is 10.2 Å². The van der Waals surface area contributed by atoms with E-state index in [1.54, 1.807) is 0 Å². The summed E-state index contributed by atoms with van der Waals surface area (Å²) in [4.78, 5) is 0. The summed E-state index contributed by atoms with van der Waals surface area (Å²) >= 11 is 0. The lowest BCUT2D eigenvalue weighted by Gasteiger charge is -2.32. The smallest absolute Gasteiger partial charge is 0.457 e. The molecule has 0 unspecified atom stereocenters. The first kappa shape index (κ1) is 17.1. The Labute approximate surface area is 155 Å². The summed E-state index contributed by atoms with van der Waals surface area (Å²) in [6.45, 7) is 8.24. The fourth-order valence-corrected chi connectivity index (χ4v) is 3.04. The highest BCUT2D eigenvalue weighted by atomic mass is 16.7. The minimum absolute atomic E-state index is 0.335. The molecule has 3 aromatic carbocycles. The van der Waals surface area contributed by atoms with Crippen LogP contribution in [0.3, 0.4) is 0 Å². The number of ether oxygens (including phenoxy) is 1. The highest BCUT2D eigenvalue weighted by Crippen LogP contribution is 2.36. The molecule has 0 aromatic heterocycles. The first-order chi connectivity index (χ1) is 12.3. The molecule has 0 amide bonds. The number of rotatable bonds is 3. The lowest BCUT2D eigenvalue weighted by molar-refractivity contribution is 0.00578. The monoisotopic (exact) mass is 346 g/mol. The third-order valence-corrected chi connectivity index (χ3v) is 5.36. The van der Waals surface area contributed by atoms with Crippen LogP contribution in [-0.2, 0) is 9.31 Å². The molecule has 3 nitrogen and oxygen atoms in total. The van der Waals surface area contributed by atoms with Gasteiger partial charge in [0.15, 0.2) is 0 Å². The zero-order valence-corrected chi connectivity index (χ0v) is 15.7. The highest BCUT2D eigenvalue weighted by Gasteiger charge is 2.51. The van der Waals surface area contributed by atoms with Crippen LogP contribution in [-0.4, -0.2) is 18.3 Å². The molecular weight excluding hydrogens is 323 g/mol. The normalized spacial score (nSPS) is 18.2. The van der Waals surface area contributed by atoms with Gasteiger partial charge in [0.25, 0.3) is 0 Å². The van der Waals surface area contributed by atoms with Gasteiger partial charge in [-0.05, 0) is 68.2 Å². The fraction of sp³-hybridized carbons (Fsp3) is 0.273. The standard InChI is InChI=1S/C22H23BO3/c1-21(2)22(3,4)26-23(25-21)18-10-13-19(14-11-18)24-20-12-9-16-7-5-6-8-17(16)15-20/h5-15H,1-4H3. The molecule has 0 spiro atoms. The van der Waals surface area contributed by atoms with E-state index in [0.717, 1.165) is 17.0 Å². The zero-order chi connectivity index (χ0) is 18.4. The van der Waals surface area contributed by atoms with E-state index in [1.165, 1.54) is 10.8 Å². The van der Waals surface area contributed by atoms with Gasteiger partial charge in [0.1, 0.15) is 11.5 Å². The molecule has 1 aliphatic heterocycles. The number of benzene rings is 3. The second-order valence-electron chi connectivity index (χ2n) is 7.77. The topological polar surface area (TPSA) is 27.7 Å². The molecule has 0 atom stereocenters. The Kier molecular flexibility index (Phi) is 4.05. The van der Waals surface area contributed by atoms with Gasteiger partial charge in [-0.3, -0.25) is 0 Å². The van der Waals surface area contributed by atoms with E-state index >= 15 is 0 Å². The second-order valence-corrected chi connectivity index (χ2v) is 7.77. The molecule has 1 saturated heterocycles. The van der Waals surface area contributed by atoms with Crippen LogP contribution in [0.15, 0.2) is 66.7 Å². The van der Waals surface area contributed by atoms with Gasteiger partial charge in [0.2, 0.25) is 0 Å². The van der Waals surface area contributed by atoms with Gasteiger partial charge < -0.3 is 14.0 Å². The van der Waals surface area contributed by atoms with E-state index < -0.39 is 0 Å². The van der Waals surface area contributed by atoms with E-state index in [2.05, 4.69) is 52.0 Å². The number of fused-ring (bicyclic) bond motifs is 1. The predicted octanol–water partition coefficient (Wildman–Crippen LogP) is 4.93. The van der Waals surface area contributed by atoms with Crippen molar-refractivity contribution in [3.63, 3.8) is 0 Å². The molecule has 26 heavy (non-hydrogen) atoms. The molecule has 4 rings (SSSR count). The Balaban J connectivity index is 1.51. The molecule has 132 valence electrons. The van der Waals surface area contributed by atoms with Gasteiger partial charge in [0, 0.05) is 0 Å². The third-order valence-electron chi connectivity index (χ3n) is 5.36. The van der Waals surface area contributed by atoms with E-state index in [9.17, 15) is 0 Å². The van der Waals surface area contributed by atoms with Crippen LogP contribution in [0.2, 0.25) is 0 Å². The van der Waals surface area contributed by atoms with Crippen LogP contribution in [0.1, 0.15) is 27.7 Å². The molecule has 3 aromatic rings. The van der Waals surface area contributed by atoms with Crippen molar-refractivity contribution in [2.45, 2.75) is 38.9 Å². The van der Waals surface area contributed by atoms with Crippen LogP contribution in [0.5, 0.6) is 11.5 Å². The summed E-state index contributed by atoms with van der Waals surface area (Å²) < 4.78 is 18.2. The summed E-state index contributed by atoms with van der Waals surface area (Å²) in [6, 6.07) is 22.3. The molecular formula is C22H23BO3. The average Bonchev–Trinajstić information content (AvgIpc) is 2.83. The van der Waals surface area contributed by atoms with Crippen molar-refractivity contribution in [1.82, 2.24) is 0 Å². The molecule has 1 fully saturated rings. The molecule has 0 saturated carbocycles. The van der Waals surface area contributed by atoms with Gasteiger partial charge in [-0.2, -0.15) is 0 Å². The molecule has 1 heterocycles. The Morgan fingerprint density at radius 3 is 1.92 bits per heavy atom. The second kappa shape index (κ2) is 6.15. The van der Waals surface area contributed by atoms with Crippen LogP contribution in [0.4, 0.5) is 0 Å². The van der Waals surface area contributed by atoms with Crippen molar-refractivity contribution >= 4 is 23.4 Å². The molecule has 0 bridgehead atoms. The molecule has 0 radical (unpaired) electrons. The van der Waals surface area contributed by atoms with Crippen molar-refractivity contribution in [2.75, 3.05) is 0 Å². The number of hydrogen-bond donors (Lipinski definition) is 0. The summed E-state index contributed by atoms with van der Waals surface area (Å²) in [5.41, 5.74) is 0.324. The predicted molar refractivity (Wildman–Crippen MR) is 106 cm³/mol. The summed E-state index contributed by atoms with van der Waals surface area (Å²) in [6.07, 6.45) is 0. The van der Waals surface area contributed by atoms with E-state index in [-0.39, 0.29) is 18.3 Å². The van der Waals surface area contributed by atoms with Gasteiger partial charge in [0.05, 0.1) is 11.2 Å². The maximum atomic E-state index is 6.09. The van der Waals surface area contributed by atoms with Crippen molar-refractivity contribution in [1.29, 1.82) is 0 Å². The largest absolute Gasteiger partial charge is 0.494 e. The van der Waals surface area contributed by atoms with E-state index in [4.69, 9.17) is 14.0 Å². The fourth-order valence-electron chi connectivity index (χ4n) is 3.04. The number of hydrogen-bond acceptors (Lipinski definition) is 3. The van der Waals surface area contributed by atoms with Crippen molar-refractivity contribution in [3.05, 3.63) is 66.7 Å². The highest BCUT2D eigenvalue weighted by molar-refractivity contribution is 6.62. The summed E-state index contributed by atoms with van der Waals surface area (Å²) in [5, 5.41) is 2.37. The van der Waals surface area contributed by atoms with Crippen molar-refractivity contribution in [2.24, 2.45) is 0 Å². The third kappa shape index (κ3) is 3.11. The minimum Gasteiger partial charge on any atom is -0.457 e. The SMILES string of the molecule is CC1(C)OB(c2ccc(Oc3ccc4ccccc4c3)cc2)OC1(C)C. The Bertz CT molecular complexity index is 916. The van der Waals surface area contributed by atoms with Gasteiger partial charge in [-0.15, -0.1) is 0 Å². The zero-order valence-electron chi connectivity index (χ0n) is 15.7. The van der Waals surface area contributed by atoms with Crippen molar-refractivity contribution in [3.8, 4) is 11.5 Å². The summed E-state index contributed by atoms with van der Waals surface area (Å²) in [7, 11) is -0.352. The quantitative estimate of drug-likeness (QED) is 0.629. The molecule has 4 heteroatoms.